The fraction of sp³-hybridized carbons (Fsp3) is 0.500. The Morgan fingerprint density at radius 2 is 1.71 bits per heavy atom. The lowest BCUT2D eigenvalue weighted by Gasteiger charge is -2.20. The Kier molecular flexibility index (Phi) is 3.96. The first kappa shape index (κ1) is 15.8. The average molecular weight is 345 g/mol. The van der Waals surface area contributed by atoms with Gasteiger partial charge in [-0.15, -0.1) is 0 Å². The molecule has 0 spiro atoms. The third-order valence-corrected chi connectivity index (χ3v) is 6.29. The van der Waals surface area contributed by atoms with Gasteiger partial charge in [0, 0.05) is 11.6 Å². The molecule has 2 aliphatic carbocycles. The average Bonchev–Trinajstić information content (AvgIpc) is 3.17. The molecule has 0 amide bonds. The minimum atomic E-state index is -3.65. The maximum Gasteiger partial charge on any atom is 0.238 e. The van der Waals surface area contributed by atoms with Crippen LogP contribution in [0.15, 0.2) is 29.2 Å². The minimum Gasteiger partial charge on any atom is -0.237 e. The Morgan fingerprint density at radius 3 is 2.38 bits per heavy atom. The van der Waals surface area contributed by atoms with Crippen LogP contribution in [0.4, 0.5) is 0 Å². The van der Waals surface area contributed by atoms with Gasteiger partial charge < -0.3 is 0 Å². The van der Waals surface area contributed by atoms with E-state index in [0.717, 1.165) is 18.5 Å². The number of hydrogen-bond acceptors (Lipinski definition) is 3. The molecule has 0 atom stereocenters. The zero-order valence-electron chi connectivity index (χ0n) is 13.7. The number of aromatic nitrogens is 2. The second kappa shape index (κ2) is 6.01. The number of rotatable bonds is 3. The maximum absolute atomic E-state index is 11.4. The molecule has 0 saturated heterocycles. The number of sulfonamides is 1. The fourth-order valence-corrected chi connectivity index (χ4v) is 4.68. The molecular weight excluding hydrogens is 322 g/mol. The van der Waals surface area contributed by atoms with Crippen LogP contribution in [0.5, 0.6) is 0 Å². The number of fused-ring (bicyclic) bond motifs is 1. The van der Waals surface area contributed by atoms with Gasteiger partial charge in [0.1, 0.15) is 0 Å². The number of benzene rings is 1. The topological polar surface area (TPSA) is 78.0 Å². The van der Waals surface area contributed by atoms with Crippen molar-refractivity contribution >= 4 is 10.0 Å². The summed E-state index contributed by atoms with van der Waals surface area (Å²) in [6.45, 7) is 0. The van der Waals surface area contributed by atoms with Crippen LogP contribution in [0.25, 0.3) is 5.69 Å². The van der Waals surface area contributed by atoms with Crippen molar-refractivity contribution in [2.24, 2.45) is 5.14 Å². The number of hydrogen-bond donors (Lipinski definition) is 1. The van der Waals surface area contributed by atoms with Gasteiger partial charge in [-0.1, -0.05) is 19.3 Å². The van der Waals surface area contributed by atoms with E-state index in [1.165, 1.54) is 55.5 Å². The molecule has 2 N–H and O–H groups in total. The first-order chi connectivity index (χ1) is 11.5. The van der Waals surface area contributed by atoms with Crippen molar-refractivity contribution < 1.29 is 8.42 Å². The molecular formula is C18H23N3O2S. The van der Waals surface area contributed by atoms with Crippen molar-refractivity contribution in [3.8, 4) is 5.69 Å². The Hall–Kier alpha value is -1.66. The van der Waals surface area contributed by atoms with Gasteiger partial charge in [0.15, 0.2) is 0 Å². The van der Waals surface area contributed by atoms with E-state index < -0.39 is 10.0 Å². The van der Waals surface area contributed by atoms with Crippen molar-refractivity contribution in [3.05, 3.63) is 41.2 Å². The van der Waals surface area contributed by atoms with Crippen LogP contribution < -0.4 is 5.14 Å². The molecule has 4 rings (SSSR count). The number of nitrogens with zero attached hydrogens (tertiary/aromatic N) is 2. The Labute approximate surface area is 142 Å². The Balaban J connectivity index is 1.73. The van der Waals surface area contributed by atoms with Crippen LogP contribution >= 0.6 is 0 Å². The van der Waals surface area contributed by atoms with Crippen LogP contribution in [0.2, 0.25) is 0 Å². The molecule has 0 bridgehead atoms. The van der Waals surface area contributed by atoms with Crippen molar-refractivity contribution in [2.75, 3.05) is 0 Å². The molecule has 1 heterocycles. The lowest BCUT2D eigenvalue weighted by Crippen LogP contribution is -2.12. The fourth-order valence-electron chi connectivity index (χ4n) is 4.16. The van der Waals surface area contributed by atoms with Gasteiger partial charge in [0.2, 0.25) is 10.0 Å². The smallest absolute Gasteiger partial charge is 0.237 e. The highest BCUT2D eigenvalue weighted by atomic mass is 32.2. The summed E-state index contributed by atoms with van der Waals surface area (Å²) >= 11 is 0. The van der Waals surface area contributed by atoms with Gasteiger partial charge in [0.25, 0.3) is 0 Å². The quantitative estimate of drug-likeness (QED) is 0.928. The van der Waals surface area contributed by atoms with E-state index in [1.807, 2.05) is 4.68 Å². The summed E-state index contributed by atoms with van der Waals surface area (Å²) in [5.41, 5.74) is 4.96. The molecule has 1 aromatic heterocycles. The van der Waals surface area contributed by atoms with Crippen LogP contribution in [-0.4, -0.2) is 18.2 Å². The third-order valence-electron chi connectivity index (χ3n) is 5.36. The SMILES string of the molecule is NS(=O)(=O)c1ccc(-n2nc(C3CCCCC3)c3c2CCC3)cc1. The van der Waals surface area contributed by atoms with Gasteiger partial charge in [-0.05, 0) is 61.9 Å². The number of nitrogens with two attached hydrogens (primary N) is 1. The van der Waals surface area contributed by atoms with Gasteiger partial charge in [-0.3, -0.25) is 0 Å². The molecule has 0 aliphatic heterocycles. The summed E-state index contributed by atoms with van der Waals surface area (Å²) in [6, 6.07) is 6.73. The van der Waals surface area contributed by atoms with E-state index in [1.54, 1.807) is 24.3 Å². The highest BCUT2D eigenvalue weighted by molar-refractivity contribution is 7.89. The summed E-state index contributed by atoms with van der Waals surface area (Å²) in [5.74, 6) is 0.593. The lowest BCUT2D eigenvalue weighted by molar-refractivity contribution is 0.432. The maximum atomic E-state index is 11.4. The predicted molar refractivity (Wildman–Crippen MR) is 92.8 cm³/mol. The van der Waals surface area contributed by atoms with Crippen LogP contribution in [-0.2, 0) is 22.9 Å². The molecule has 2 aromatic rings. The van der Waals surface area contributed by atoms with Gasteiger partial charge >= 0.3 is 0 Å². The summed E-state index contributed by atoms with van der Waals surface area (Å²) in [5, 5.41) is 10.1. The molecule has 5 nitrogen and oxygen atoms in total. The van der Waals surface area contributed by atoms with E-state index in [0.29, 0.717) is 5.92 Å². The summed E-state index contributed by atoms with van der Waals surface area (Å²) in [7, 11) is -3.65. The minimum absolute atomic E-state index is 0.141. The second-order valence-corrected chi connectivity index (χ2v) is 8.51. The van der Waals surface area contributed by atoms with Gasteiger partial charge in [0.05, 0.1) is 16.3 Å². The predicted octanol–water partition coefficient (Wildman–Crippen LogP) is 3.06. The molecule has 24 heavy (non-hydrogen) atoms. The normalized spacial score (nSPS) is 18.7. The zero-order chi connectivity index (χ0) is 16.7. The molecule has 0 unspecified atom stereocenters. The summed E-state index contributed by atoms with van der Waals surface area (Å²) in [6.07, 6.45) is 9.78. The lowest BCUT2D eigenvalue weighted by atomic mass is 9.85. The van der Waals surface area contributed by atoms with Crippen LogP contribution in [0.1, 0.15) is 61.4 Å². The standard InChI is InChI=1S/C18H23N3O2S/c19-24(22,23)15-11-9-14(10-12-15)21-17-8-4-7-16(17)18(20-21)13-5-2-1-3-6-13/h9-13H,1-8H2,(H2,19,22,23). The first-order valence-electron chi connectivity index (χ1n) is 8.78. The van der Waals surface area contributed by atoms with E-state index in [-0.39, 0.29) is 4.90 Å². The highest BCUT2D eigenvalue weighted by Gasteiger charge is 2.28. The Bertz CT molecular complexity index is 847. The molecule has 1 fully saturated rings. The van der Waals surface area contributed by atoms with E-state index in [9.17, 15) is 8.42 Å². The van der Waals surface area contributed by atoms with Gasteiger partial charge in [-0.25, -0.2) is 18.2 Å². The molecule has 1 aromatic carbocycles. The van der Waals surface area contributed by atoms with E-state index >= 15 is 0 Å². The van der Waals surface area contributed by atoms with Crippen LogP contribution in [0.3, 0.4) is 0 Å². The first-order valence-corrected chi connectivity index (χ1v) is 10.3. The molecule has 0 radical (unpaired) electrons. The van der Waals surface area contributed by atoms with Crippen LogP contribution in [0, 0.1) is 0 Å². The number of primary sulfonamides is 1. The van der Waals surface area contributed by atoms with Crippen molar-refractivity contribution in [2.45, 2.75) is 62.2 Å². The van der Waals surface area contributed by atoms with Crippen molar-refractivity contribution in [3.63, 3.8) is 0 Å². The summed E-state index contributed by atoms with van der Waals surface area (Å²) in [4.78, 5) is 0.141. The third kappa shape index (κ3) is 2.78. The second-order valence-electron chi connectivity index (χ2n) is 6.95. The molecule has 2 aliphatic rings. The molecule has 6 heteroatoms. The van der Waals surface area contributed by atoms with Crippen molar-refractivity contribution in [1.29, 1.82) is 0 Å². The Morgan fingerprint density at radius 1 is 1.00 bits per heavy atom. The summed E-state index contributed by atoms with van der Waals surface area (Å²) < 4.78 is 24.9. The highest BCUT2D eigenvalue weighted by Crippen LogP contribution is 2.38. The zero-order valence-corrected chi connectivity index (χ0v) is 14.6. The molecule has 128 valence electrons. The monoisotopic (exact) mass is 345 g/mol. The van der Waals surface area contributed by atoms with E-state index in [4.69, 9.17) is 10.2 Å². The van der Waals surface area contributed by atoms with Crippen molar-refractivity contribution in [1.82, 2.24) is 9.78 Å². The van der Waals surface area contributed by atoms with E-state index in [2.05, 4.69) is 0 Å². The largest absolute Gasteiger partial charge is 0.238 e. The van der Waals surface area contributed by atoms with Gasteiger partial charge in [-0.2, -0.15) is 5.10 Å². The molecule has 1 saturated carbocycles.